The van der Waals surface area contributed by atoms with E-state index in [0.717, 1.165) is 17.0 Å². The summed E-state index contributed by atoms with van der Waals surface area (Å²) in [5, 5.41) is 2.82. The van der Waals surface area contributed by atoms with E-state index >= 15 is 0 Å². The third-order valence-corrected chi connectivity index (χ3v) is 3.80. The van der Waals surface area contributed by atoms with Gasteiger partial charge in [0.1, 0.15) is 18.1 Å². The van der Waals surface area contributed by atoms with Crippen molar-refractivity contribution in [3.63, 3.8) is 0 Å². The Kier molecular flexibility index (Phi) is 5.88. The lowest BCUT2D eigenvalue weighted by atomic mass is 10.2. The fourth-order valence-corrected chi connectivity index (χ4v) is 2.38. The van der Waals surface area contributed by atoms with Gasteiger partial charge in [-0.15, -0.1) is 0 Å². The van der Waals surface area contributed by atoms with Gasteiger partial charge in [-0.1, -0.05) is 48.5 Å². The molecule has 3 aromatic carbocycles. The first-order valence-corrected chi connectivity index (χ1v) is 8.50. The van der Waals surface area contributed by atoms with Gasteiger partial charge >= 0.3 is 0 Å². The molecule has 1 N–H and O–H groups in total. The highest BCUT2D eigenvalue weighted by Gasteiger charge is 2.14. The maximum Gasteiger partial charge on any atom is 0.265 e. The standard InChI is InChI=1S/C22H21NO3/c1-17(22(24)23-19-10-6-3-7-11-19)26-21-14-12-20(13-15-21)25-16-18-8-4-2-5-9-18/h2-15,17H,16H2,1H3,(H,23,24). The van der Waals surface area contributed by atoms with Gasteiger partial charge in [0.05, 0.1) is 0 Å². The van der Waals surface area contributed by atoms with Crippen molar-refractivity contribution in [1.29, 1.82) is 0 Å². The van der Waals surface area contributed by atoms with Gasteiger partial charge in [-0.3, -0.25) is 4.79 Å². The van der Waals surface area contributed by atoms with Crippen molar-refractivity contribution in [2.24, 2.45) is 0 Å². The van der Waals surface area contributed by atoms with Gasteiger partial charge < -0.3 is 14.8 Å². The summed E-state index contributed by atoms with van der Waals surface area (Å²) in [5.41, 5.74) is 1.86. The Morgan fingerprint density at radius 2 is 1.42 bits per heavy atom. The topological polar surface area (TPSA) is 47.6 Å². The number of rotatable bonds is 7. The normalized spacial score (nSPS) is 11.4. The van der Waals surface area contributed by atoms with Crippen molar-refractivity contribution in [2.75, 3.05) is 5.32 Å². The van der Waals surface area contributed by atoms with Crippen LogP contribution in [-0.2, 0) is 11.4 Å². The highest BCUT2D eigenvalue weighted by atomic mass is 16.5. The Morgan fingerprint density at radius 3 is 2.08 bits per heavy atom. The van der Waals surface area contributed by atoms with Gasteiger partial charge in [-0.25, -0.2) is 0 Å². The van der Waals surface area contributed by atoms with Crippen molar-refractivity contribution >= 4 is 11.6 Å². The molecule has 26 heavy (non-hydrogen) atoms. The lowest BCUT2D eigenvalue weighted by Gasteiger charge is -2.15. The van der Waals surface area contributed by atoms with Crippen molar-refractivity contribution < 1.29 is 14.3 Å². The molecule has 0 bridgehead atoms. The predicted molar refractivity (Wildman–Crippen MR) is 102 cm³/mol. The molecule has 0 aromatic heterocycles. The van der Waals surface area contributed by atoms with Crippen LogP contribution in [0.5, 0.6) is 11.5 Å². The molecule has 0 aliphatic carbocycles. The van der Waals surface area contributed by atoms with Crippen LogP contribution >= 0.6 is 0 Å². The van der Waals surface area contributed by atoms with Crippen LogP contribution in [0.15, 0.2) is 84.9 Å². The minimum Gasteiger partial charge on any atom is -0.489 e. The summed E-state index contributed by atoms with van der Waals surface area (Å²) in [5.74, 6) is 1.18. The molecular weight excluding hydrogens is 326 g/mol. The smallest absolute Gasteiger partial charge is 0.265 e. The van der Waals surface area contributed by atoms with E-state index in [0.29, 0.717) is 12.4 Å². The largest absolute Gasteiger partial charge is 0.489 e. The zero-order valence-electron chi connectivity index (χ0n) is 14.6. The maximum atomic E-state index is 12.2. The predicted octanol–water partition coefficient (Wildman–Crippen LogP) is 4.67. The second-order valence-electron chi connectivity index (χ2n) is 5.86. The fraction of sp³-hybridized carbons (Fsp3) is 0.136. The molecule has 1 unspecified atom stereocenters. The third-order valence-electron chi connectivity index (χ3n) is 3.80. The number of nitrogens with one attached hydrogen (secondary N) is 1. The van der Waals surface area contributed by atoms with E-state index < -0.39 is 6.10 Å². The molecule has 1 atom stereocenters. The third kappa shape index (κ3) is 5.11. The molecule has 0 aliphatic heterocycles. The van der Waals surface area contributed by atoms with Gasteiger partial charge in [0.25, 0.3) is 5.91 Å². The first kappa shape index (κ1) is 17.5. The van der Waals surface area contributed by atoms with Crippen LogP contribution in [0, 0.1) is 0 Å². The summed E-state index contributed by atoms with van der Waals surface area (Å²) in [6.07, 6.45) is -0.605. The molecule has 0 radical (unpaired) electrons. The first-order valence-electron chi connectivity index (χ1n) is 8.50. The van der Waals surface area contributed by atoms with E-state index in [1.54, 1.807) is 19.1 Å². The Bertz CT molecular complexity index is 817. The van der Waals surface area contributed by atoms with Crippen molar-refractivity contribution in [3.05, 3.63) is 90.5 Å². The Balaban J connectivity index is 1.51. The zero-order chi connectivity index (χ0) is 18.2. The SMILES string of the molecule is CC(Oc1ccc(OCc2ccccc2)cc1)C(=O)Nc1ccccc1. The molecule has 1 amide bonds. The molecule has 4 heteroatoms. The maximum absolute atomic E-state index is 12.2. The Hall–Kier alpha value is -3.27. The summed E-state index contributed by atoms with van der Waals surface area (Å²) in [4.78, 5) is 12.2. The minimum absolute atomic E-state index is 0.194. The second-order valence-corrected chi connectivity index (χ2v) is 5.86. The van der Waals surface area contributed by atoms with Crippen LogP contribution in [0.25, 0.3) is 0 Å². The van der Waals surface area contributed by atoms with Crippen molar-refractivity contribution in [2.45, 2.75) is 19.6 Å². The average molecular weight is 347 g/mol. The van der Waals surface area contributed by atoms with Crippen LogP contribution in [0.1, 0.15) is 12.5 Å². The molecule has 0 heterocycles. The quantitative estimate of drug-likeness (QED) is 0.675. The molecule has 3 aromatic rings. The monoisotopic (exact) mass is 347 g/mol. The number of amides is 1. The van der Waals surface area contributed by atoms with Crippen LogP contribution < -0.4 is 14.8 Å². The molecule has 132 valence electrons. The molecule has 3 rings (SSSR count). The van der Waals surface area contributed by atoms with Gasteiger partial charge in [0, 0.05) is 5.69 Å². The summed E-state index contributed by atoms with van der Waals surface area (Å²) in [6.45, 7) is 2.23. The van der Waals surface area contributed by atoms with Crippen LogP contribution in [0.4, 0.5) is 5.69 Å². The van der Waals surface area contributed by atoms with Gasteiger partial charge in [0.15, 0.2) is 6.10 Å². The number of carbonyl (C=O) groups is 1. The van der Waals surface area contributed by atoms with Gasteiger partial charge in [0.2, 0.25) is 0 Å². The summed E-state index contributed by atoms with van der Waals surface area (Å²) >= 11 is 0. The van der Waals surface area contributed by atoms with E-state index in [2.05, 4.69) is 5.32 Å². The van der Waals surface area contributed by atoms with E-state index in [4.69, 9.17) is 9.47 Å². The number of anilines is 1. The van der Waals surface area contributed by atoms with E-state index in [1.165, 1.54) is 0 Å². The van der Waals surface area contributed by atoms with Gasteiger partial charge in [-0.05, 0) is 48.9 Å². The van der Waals surface area contributed by atoms with Crippen LogP contribution in [0.3, 0.4) is 0 Å². The number of hydrogen-bond acceptors (Lipinski definition) is 3. The van der Waals surface area contributed by atoms with Crippen molar-refractivity contribution in [3.8, 4) is 11.5 Å². The number of benzene rings is 3. The summed E-state index contributed by atoms with van der Waals surface area (Å²) in [6, 6.07) is 26.6. The zero-order valence-corrected chi connectivity index (χ0v) is 14.6. The highest BCUT2D eigenvalue weighted by Crippen LogP contribution is 2.20. The molecule has 0 fully saturated rings. The van der Waals surface area contributed by atoms with Crippen molar-refractivity contribution in [1.82, 2.24) is 0 Å². The van der Waals surface area contributed by atoms with E-state index in [9.17, 15) is 4.79 Å². The highest BCUT2D eigenvalue weighted by molar-refractivity contribution is 5.94. The van der Waals surface area contributed by atoms with E-state index in [-0.39, 0.29) is 5.91 Å². The molecule has 4 nitrogen and oxygen atoms in total. The van der Waals surface area contributed by atoms with Crippen LogP contribution in [0.2, 0.25) is 0 Å². The number of hydrogen-bond donors (Lipinski definition) is 1. The van der Waals surface area contributed by atoms with Gasteiger partial charge in [-0.2, -0.15) is 0 Å². The fourth-order valence-electron chi connectivity index (χ4n) is 2.38. The molecular formula is C22H21NO3. The Labute approximate surface area is 153 Å². The average Bonchev–Trinajstić information content (AvgIpc) is 2.69. The first-order chi connectivity index (χ1) is 12.7. The van der Waals surface area contributed by atoms with Crippen LogP contribution in [-0.4, -0.2) is 12.0 Å². The summed E-state index contributed by atoms with van der Waals surface area (Å²) < 4.78 is 11.4. The lowest BCUT2D eigenvalue weighted by molar-refractivity contribution is -0.122. The molecule has 0 aliphatic rings. The second kappa shape index (κ2) is 8.72. The number of ether oxygens (including phenoxy) is 2. The number of carbonyl (C=O) groups excluding carboxylic acids is 1. The molecule has 0 saturated heterocycles. The molecule has 0 saturated carbocycles. The molecule has 0 spiro atoms. The minimum atomic E-state index is -0.605. The number of para-hydroxylation sites is 1. The Morgan fingerprint density at radius 1 is 0.846 bits per heavy atom. The van der Waals surface area contributed by atoms with E-state index in [1.807, 2.05) is 72.8 Å². The summed E-state index contributed by atoms with van der Waals surface area (Å²) in [7, 11) is 0. The lowest BCUT2D eigenvalue weighted by Crippen LogP contribution is -2.30.